The molecule has 0 amide bonds. The lowest BCUT2D eigenvalue weighted by atomic mass is 10.2. The minimum atomic E-state index is 0.746. The average molecular weight is 323 g/mol. The molecule has 0 radical (unpaired) electrons. The van der Waals surface area contributed by atoms with E-state index in [4.69, 9.17) is 4.98 Å². The molecule has 2 heterocycles. The van der Waals surface area contributed by atoms with Crippen LogP contribution in [0.2, 0.25) is 0 Å². The molecule has 126 valence electrons. The minimum Gasteiger partial charge on any atom is -0.368 e. The summed E-state index contributed by atoms with van der Waals surface area (Å²) in [4.78, 5) is 15.2. The van der Waals surface area contributed by atoms with Crippen LogP contribution in [-0.4, -0.2) is 46.0 Å². The number of nitrogens with one attached hydrogen (secondary N) is 2. The summed E-state index contributed by atoms with van der Waals surface area (Å²) in [5.41, 5.74) is 3.00. The predicted octanol–water partition coefficient (Wildman–Crippen LogP) is 3.69. The summed E-state index contributed by atoms with van der Waals surface area (Å²) < 4.78 is 0. The fourth-order valence-electron chi connectivity index (χ4n) is 2.86. The fraction of sp³-hybridized carbons (Fsp3) is 0.368. The van der Waals surface area contributed by atoms with Crippen LogP contribution in [0.25, 0.3) is 22.4 Å². The van der Waals surface area contributed by atoms with Crippen molar-refractivity contribution in [3.05, 3.63) is 42.1 Å². The molecular weight excluding hydrogens is 298 g/mol. The van der Waals surface area contributed by atoms with E-state index in [0.717, 1.165) is 60.1 Å². The molecule has 0 aliphatic rings. The van der Waals surface area contributed by atoms with Gasteiger partial charge in [0.2, 0.25) is 0 Å². The second-order valence-electron chi connectivity index (χ2n) is 5.93. The maximum Gasteiger partial charge on any atom is 0.163 e. The van der Waals surface area contributed by atoms with Crippen molar-refractivity contribution in [2.75, 3.05) is 31.5 Å². The topological polar surface area (TPSA) is 56.8 Å². The molecule has 0 spiro atoms. The Morgan fingerprint density at radius 2 is 1.83 bits per heavy atom. The number of benzene rings is 1. The Kier molecular flexibility index (Phi) is 5.11. The Labute approximate surface area is 143 Å². The molecule has 0 saturated heterocycles. The van der Waals surface area contributed by atoms with Crippen molar-refractivity contribution in [3.63, 3.8) is 0 Å². The summed E-state index contributed by atoms with van der Waals surface area (Å²) >= 11 is 0. The molecule has 2 aromatic heterocycles. The number of aromatic amines is 1. The molecule has 24 heavy (non-hydrogen) atoms. The fourth-order valence-corrected chi connectivity index (χ4v) is 2.86. The number of H-pyrrole nitrogens is 1. The first-order valence-electron chi connectivity index (χ1n) is 8.60. The Bertz CT molecular complexity index is 790. The molecule has 5 nitrogen and oxygen atoms in total. The summed E-state index contributed by atoms with van der Waals surface area (Å²) in [6, 6.07) is 12.2. The van der Waals surface area contributed by atoms with Crippen molar-refractivity contribution in [2.45, 2.75) is 20.8 Å². The van der Waals surface area contributed by atoms with Gasteiger partial charge in [0.15, 0.2) is 5.82 Å². The third kappa shape index (κ3) is 3.57. The quantitative estimate of drug-likeness (QED) is 0.696. The van der Waals surface area contributed by atoms with E-state index in [-0.39, 0.29) is 0 Å². The summed E-state index contributed by atoms with van der Waals surface area (Å²) in [6.45, 7) is 10.4. The van der Waals surface area contributed by atoms with E-state index in [1.165, 1.54) is 0 Å². The lowest BCUT2D eigenvalue weighted by Gasteiger charge is -2.18. The van der Waals surface area contributed by atoms with Crippen LogP contribution in [0.5, 0.6) is 0 Å². The van der Waals surface area contributed by atoms with Crippen molar-refractivity contribution in [1.29, 1.82) is 0 Å². The molecule has 3 aromatic rings. The molecule has 0 saturated carbocycles. The van der Waals surface area contributed by atoms with E-state index in [0.29, 0.717) is 0 Å². The van der Waals surface area contributed by atoms with Crippen molar-refractivity contribution >= 4 is 16.9 Å². The van der Waals surface area contributed by atoms with Gasteiger partial charge in [-0.3, -0.25) is 0 Å². The van der Waals surface area contributed by atoms with Crippen LogP contribution in [0.3, 0.4) is 0 Å². The number of aryl methyl sites for hydroxylation is 1. The van der Waals surface area contributed by atoms with Crippen LogP contribution in [0.4, 0.5) is 5.82 Å². The third-order valence-corrected chi connectivity index (χ3v) is 4.27. The summed E-state index contributed by atoms with van der Waals surface area (Å²) in [5.74, 6) is 1.64. The highest BCUT2D eigenvalue weighted by Crippen LogP contribution is 2.25. The smallest absolute Gasteiger partial charge is 0.163 e. The number of anilines is 1. The number of aromatic nitrogens is 3. The molecular formula is C19H25N5. The molecule has 0 unspecified atom stereocenters. The van der Waals surface area contributed by atoms with Crippen molar-refractivity contribution in [1.82, 2.24) is 19.9 Å². The highest BCUT2D eigenvalue weighted by molar-refractivity contribution is 5.89. The Morgan fingerprint density at radius 1 is 1.08 bits per heavy atom. The first-order valence-corrected chi connectivity index (χ1v) is 8.60. The van der Waals surface area contributed by atoms with Gasteiger partial charge in [-0.2, -0.15) is 0 Å². The zero-order valence-corrected chi connectivity index (χ0v) is 14.6. The highest BCUT2D eigenvalue weighted by Gasteiger charge is 2.11. The van der Waals surface area contributed by atoms with Gasteiger partial charge in [0, 0.05) is 24.3 Å². The van der Waals surface area contributed by atoms with Gasteiger partial charge in [-0.05, 0) is 26.1 Å². The van der Waals surface area contributed by atoms with E-state index in [1.807, 2.05) is 37.3 Å². The largest absolute Gasteiger partial charge is 0.368 e. The van der Waals surface area contributed by atoms with E-state index in [1.54, 1.807) is 0 Å². The lowest BCUT2D eigenvalue weighted by molar-refractivity contribution is 0.316. The van der Waals surface area contributed by atoms with Crippen molar-refractivity contribution in [2.24, 2.45) is 0 Å². The predicted molar refractivity (Wildman–Crippen MR) is 100 cm³/mol. The van der Waals surface area contributed by atoms with E-state index in [2.05, 4.69) is 40.1 Å². The molecule has 1 aromatic carbocycles. The summed E-state index contributed by atoms with van der Waals surface area (Å²) in [7, 11) is 0. The third-order valence-electron chi connectivity index (χ3n) is 4.27. The number of hydrogen-bond donors (Lipinski definition) is 2. The molecule has 0 aliphatic heterocycles. The molecule has 0 bridgehead atoms. The standard InChI is InChI=1S/C19H25N5/c1-4-24(5-2)12-11-20-18-16-13-14(3)21-19(16)23-17(22-18)15-9-7-6-8-10-15/h6-10,13H,4-5,11-12H2,1-3H3,(H2,20,21,22,23). The first kappa shape index (κ1) is 16.5. The molecule has 3 rings (SSSR count). The molecule has 0 aliphatic carbocycles. The number of rotatable bonds is 7. The van der Waals surface area contributed by atoms with Crippen LogP contribution in [0.15, 0.2) is 36.4 Å². The first-order chi connectivity index (χ1) is 11.7. The number of likely N-dealkylation sites (N-methyl/N-ethyl adjacent to an activating group) is 1. The number of nitrogens with zero attached hydrogens (tertiary/aromatic N) is 3. The lowest BCUT2D eigenvalue weighted by Crippen LogP contribution is -2.28. The maximum absolute atomic E-state index is 4.77. The Hall–Kier alpha value is -2.40. The van der Waals surface area contributed by atoms with Crippen LogP contribution in [0.1, 0.15) is 19.5 Å². The van der Waals surface area contributed by atoms with Crippen LogP contribution >= 0.6 is 0 Å². The Morgan fingerprint density at radius 3 is 2.54 bits per heavy atom. The van der Waals surface area contributed by atoms with Crippen LogP contribution < -0.4 is 5.32 Å². The van der Waals surface area contributed by atoms with E-state index in [9.17, 15) is 0 Å². The second-order valence-corrected chi connectivity index (χ2v) is 5.93. The van der Waals surface area contributed by atoms with Gasteiger partial charge >= 0.3 is 0 Å². The number of fused-ring (bicyclic) bond motifs is 1. The summed E-state index contributed by atoms with van der Waals surface area (Å²) in [5, 5.41) is 4.55. The van der Waals surface area contributed by atoms with Gasteiger partial charge in [0.1, 0.15) is 11.5 Å². The van der Waals surface area contributed by atoms with Crippen molar-refractivity contribution in [3.8, 4) is 11.4 Å². The van der Waals surface area contributed by atoms with E-state index < -0.39 is 0 Å². The number of hydrogen-bond acceptors (Lipinski definition) is 4. The minimum absolute atomic E-state index is 0.746. The molecule has 5 heteroatoms. The average Bonchev–Trinajstić information content (AvgIpc) is 2.99. The maximum atomic E-state index is 4.77. The zero-order valence-electron chi connectivity index (χ0n) is 14.6. The van der Waals surface area contributed by atoms with Gasteiger partial charge < -0.3 is 15.2 Å². The van der Waals surface area contributed by atoms with Gasteiger partial charge in [-0.1, -0.05) is 44.2 Å². The zero-order chi connectivity index (χ0) is 16.9. The summed E-state index contributed by atoms with van der Waals surface area (Å²) in [6.07, 6.45) is 0. The normalized spacial score (nSPS) is 11.3. The van der Waals surface area contributed by atoms with Gasteiger partial charge in [-0.15, -0.1) is 0 Å². The van der Waals surface area contributed by atoms with Gasteiger partial charge in [-0.25, -0.2) is 9.97 Å². The van der Waals surface area contributed by atoms with Crippen molar-refractivity contribution < 1.29 is 0 Å². The van der Waals surface area contributed by atoms with E-state index >= 15 is 0 Å². The van der Waals surface area contributed by atoms with Crippen LogP contribution in [0, 0.1) is 6.92 Å². The van der Waals surface area contributed by atoms with Gasteiger partial charge in [0.05, 0.1) is 5.39 Å². The monoisotopic (exact) mass is 323 g/mol. The highest BCUT2D eigenvalue weighted by atomic mass is 15.1. The van der Waals surface area contributed by atoms with Gasteiger partial charge in [0.25, 0.3) is 0 Å². The molecule has 2 N–H and O–H groups in total. The SMILES string of the molecule is CCN(CC)CCNc1nc(-c2ccccc2)nc2[nH]c(C)cc12. The van der Waals surface area contributed by atoms with Crippen LogP contribution in [-0.2, 0) is 0 Å². The molecule has 0 atom stereocenters. The second kappa shape index (κ2) is 7.45. The molecule has 0 fully saturated rings. The Balaban J connectivity index is 1.90.